The minimum Gasteiger partial charge on any atom is -0.480 e. The topological polar surface area (TPSA) is 95.4 Å². The Bertz CT molecular complexity index is 499. The summed E-state index contributed by atoms with van der Waals surface area (Å²) in [6.07, 6.45) is 2.53. The molecule has 0 aromatic carbocycles. The molecule has 110 valence electrons. The van der Waals surface area contributed by atoms with Crippen LogP contribution >= 0.6 is 11.3 Å². The van der Waals surface area contributed by atoms with E-state index >= 15 is 0 Å². The van der Waals surface area contributed by atoms with E-state index in [1.54, 1.807) is 0 Å². The van der Waals surface area contributed by atoms with Gasteiger partial charge in [0.15, 0.2) is 0 Å². The first kappa shape index (κ1) is 14.7. The standard InChI is InChI=1S/C12H18N4O3S/c1-7(2)5-9-14-15-11(20-9)13-12(19)16(6-10(17)18)8-3-4-8/h7-8H,3-6H2,1-2H3,(H,17,18)(H,13,15,19). The van der Waals surface area contributed by atoms with E-state index in [1.165, 1.54) is 16.2 Å². The summed E-state index contributed by atoms with van der Waals surface area (Å²) >= 11 is 1.33. The van der Waals surface area contributed by atoms with Gasteiger partial charge in [-0.2, -0.15) is 0 Å². The van der Waals surface area contributed by atoms with Gasteiger partial charge in [0.25, 0.3) is 0 Å². The first-order chi connectivity index (χ1) is 9.45. The first-order valence-electron chi connectivity index (χ1n) is 6.57. The summed E-state index contributed by atoms with van der Waals surface area (Å²) in [4.78, 5) is 24.2. The van der Waals surface area contributed by atoms with Crippen molar-refractivity contribution < 1.29 is 14.7 Å². The molecule has 0 spiro atoms. The number of hydrogen-bond acceptors (Lipinski definition) is 5. The van der Waals surface area contributed by atoms with Crippen molar-refractivity contribution in [3.8, 4) is 0 Å². The maximum Gasteiger partial charge on any atom is 0.324 e. The molecule has 2 amide bonds. The summed E-state index contributed by atoms with van der Waals surface area (Å²) < 4.78 is 0. The third-order valence-corrected chi connectivity index (χ3v) is 3.68. The van der Waals surface area contributed by atoms with E-state index in [9.17, 15) is 9.59 Å². The Hall–Kier alpha value is -1.70. The molecular weight excluding hydrogens is 280 g/mol. The number of carboxylic acids is 1. The maximum absolute atomic E-state index is 12.1. The summed E-state index contributed by atoms with van der Waals surface area (Å²) in [6, 6.07) is -0.378. The molecule has 1 aromatic rings. The van der Waals surface area contributed by atoms with Crippen LogP contribution in [0.25, 0.3) is 0 Å². The van der Waals surface area contributed by atoms with Crippen molar-refractivity contribution >= 4 is 28.5 Å². The van der Waals surface area contributed by atoms with Gasteiger partial charge in [0.1, 0.15) is 11.6 Å². The number of aromatic nitrogens is 2. The molecule has 8 heteroatoms. The van der Waals surface area contributed by atoms with Gasteiger partial charge in [0.2, 0.25) is 5.13 Å². The number of carbonyl (C=O) groups is 2. The first-order valence-corrected chi connectivity index (χ1v) is 7.39. The lowest BCUT2D eigenvalue weighted by Crippen LogP contribution is -2.40. The molecule has 0 radical (unpaired) electrons. The quantitative estimate of drug-likeness (QED) is 0.835. The van der Waals surface area contributed by atoms with Gasteiger partial charge < -0.3 is 10.0 Å². The molecule has 2 N–H and O–H groups in total. The summed E-state index contributed by atoms with van der Waals surface area (Å²) in [5.74, 6) is -0.536. The van der Waals surface area contributed by atoms with Crippen LogP contribution in [0.3, 0.4) is 0 Å². The third kappa shape index (κ3) is 4.16. The van der Waals surface area contributed by atoms with Crippen LogP contribution in [0.2, 0.25) is 0 Å². The highest BCUT2D eigenvalue weighted by Crippen LogP contribution is 2.27. The van der Waals surface area contributed by atoms with Gasteiger partial charge in [-0.3, -0.25) is 10.1 Å². The van der Waals surface area contributed by atoms with E-state index in [1.807, 2.05) is 0 Å². The number of amides is 2. The van der Waals surface area contributed by atoms with Crippen molar-refractivity contribution in [3.63, 3.8) is 0 Å². The number of rotatable bonds is 6. The second kappa shape index (κ2) is 6.17. The minimum absolute atomic E-state index is 0.0363. The molecule has 7 nitrogen and oxygen atoms in total. The normalized spacial score (nSPS) is 14.3. The molecule has 1 aromatic heterocycles. The number of aliphatic carboxylic acids is 1. The van der Waals surface area contributed by atoms with E-state index in [-0.39, 0.29) is 12.6 Å². The Labute approximate surface area is 121 Å². The summed E-state index contributed by atoms with van der Waals surface area (Å²) in [6.45, 7) is 3.89. The molecule has 1 aliphatic carbocycles. The fraction of sp³-hybridized carbons (Fsp3) is 0.667. The molecule has 2 rings (SSSR count). The number of urea groups is 1. The predicted molar refractivity (Wildman–Crippen MR) is 74.8 cm³/mol. The van der Waals surface area contributed by atoms with Crippen molar-refractivity contribution in [2.24, 2.45) is 5.92 Å². The molecule has 0 unspecified atom stereocenters. The number of nitrogens with one attached hydrogen (secondary N) is 1. The number of carboxylic acid groups (broad SMARTS) is 1. The van der Waals surface area contributed by atoms with E-state index in [2.05, 4.69) is 29.4 Å². The monoisotopic (exact) mass is 298 g/mol. The van der Waals surface area contributed by atoms with Gasteiger partial charge in [-0.1, -0.05) is 25.2 Å². The number of nitrogens with zero attached hydrogens (tertiary/aromatic N) is 3. The van der Waals surface area contributed by atoms with Gasteiger partial charge >= 0.3 is 12.0 Å². The summed E-state index contributed by atoms with van der Waals surface area (Å²) in [5.41, 5.74) is 0. The van der Waals surface area contributed by atoms with Crippen LogP contribution in [0, 0.1) is 5.92 Å². The van der Waals surface area contributed by atoms with Gasteiger partial charge in [0, 0.05) is 12.5 Å². The molecule has 1 fully saturated rings. The summed E-state index contributed by atoms with van der Waals surface area (Å²) in [5, 5.41) is 20.7. The molecule has 0 aliphatic heterocycles. The Morgan fingerprint density at radius 1 is 1.45 bits per heavy atom. The lowest BCUT2D eigenvalue weighted by Gasteiger charge is -2.19. The van der Waals surface area contributed by atoms with Crippen molar-refractivity contribution in [1.82, 2.24) is 15.1 Å². The van der Waals surface area contributed by atoms with E-state index in [4.69, 9.17) is 5.11 Å². The molecule has 0 saturated heterocycles. The zero-order chi connectivity index (χ0) is 14.7. The fourth-order valence-electron chi connectivity index (χ4n) is 1.80. The maximum atomic E-state index is 12.1. The van der Waals surface area contributed by atoms with Crippen LogP contribution in [0.5, 0.6) is 0 Å². The molecule has 1 saturated carbocycles. The highest BCUT2D eigenvalue weighted by molar-refractivity contribution is 7.15. The van der Waals surface area contributed by atoms with Crippen LogP contribution in [0.15, 0.2) is 0 Å². The van der Waals surface area contributed by atoms with Crippen molar-refractivity contribution in [3.05, 3.63) is 5.01 Å². The van der Waals surface area contributed by atoms with Crippen molar-refractivity contribution in [2.75, 3.05) is 11.9 Å². The third-order valence-electron chi connectivity index (χ3n) is 2.82. The van der Waals surface area contributed by atoms with Crippen LogP contribution < -0.4 is 5.32 Å². The van der Waals surface area contributed by atoms with E-state index in [0.29, 0.717) is 11.0 Å². The lowest BCUT2D eigenvalue weighted by atomic mass is 10.1. The second-order valence-electron chi connectivity index (χ2n) is 5.28. The average molecular weight is 298 g/mol. The van der Waals surface area contributed by atoms with Crippen molar-refractivity contribution in [2.45, 2.75) is 39.2 Å². The molecular formula is C12H18N4O3S. The lowest BCUT2D eigenvalue weighted by molar-refractivity contribution is -0.137. The number of carbonyl (C=O) groups excluding carboxylic acids is 1. The predicted octanol–water partition coefficient (Wildman–Crippen LogP) is 1.82. The van der Waals surface area contributed by atoms with E-state index < -0.39 is 12.0 Å². The van der Waals surface area contributed by atoms with Gasteiger partial charge in [-0.15, -0.1) is 10.2 Å². The Morgan fingerprint density at radius 2 is 2.15 bits per heavy atom. The van der Waals surface area contributed by atoms with Crippen LogP contribution in [-0.2, 0) is 11.2 Å². The minimum atomic E-state index is -1.01. The Kier molecular flexibility index (Phi) is 4.53. The van der Waals surface area contributed by atoms with Gasteiger partial charge in [-0.25, -0.2) is 4.79 Å². The van der Waals surface area contributed by atoms with Gasteiger partial charge in [-0.05, 0) is 18.8 Å². The number of anilines is 1. The van der Waals surface area contributed by atoms with E-state index in [0.717, 1.165) is 24.3 Å². The Morgan fingerprint density at radius 3 is 2.70 bits per heavy atom. The van der Waals surface area contributed by atoms with Crippen LogP contribution in [-0.4, -0.2) is 44.8 Å². The molecule has 0 atom stereocenters. The Balaban J connectivity index is 1.95. The van der Waals surface area contributed by atoms with Crippen molar-refractivity contribution in [1.29, 1.82) is 0 Å². The highest BCUT2D eigenvalue weighted by Gasteiger charge is 2.34. The number of hydrogen-bond donors (Lipinski definition) is 2. The molecule has 1 heterocycles. The largest absolute Gasteiger partial charge is 0.480 e. The summed E-state index contributed by atoms with van der Waals surface area (Å²) in [7, 11) is 0. The molecule has 1 aliphatic rings. The zero-order valence-electron chi connectivity index (χ0n) is 11.5. The smallest absolute Gasteiger partial charge is 0.324 e. The second-order valence-corrected chi connectivity index (χ2v) is 6.34. The zero-order valence-corrected chi connectivity index (χ0v) is 12.3. The molecule has 20 heavy (non-hydrogen) atoms. The average Bonchev–Trinajstić information content (AvgIpc) is 3.08. The highest BCUT2D eigenvalue weighted by atomic mass is 32.1. The van der Waals surface area contributed by atoms with Crippen LogP contribution in [0.1, 0.15) is 31.7 Å². The van der Waals surface area contributed by atoms with Crippen LogP contribution in [0.4, 0.5) is 9.93 Å². The molecule has 0 bridgehead atoms. The van der Waals surface area contributed by atoms with Gasteiger partial charge in [0.05, 0.1) is 0 Å². The fourth-order valence-corrected chi connectivity index (χ4v) is 2.74. The SMILES string of the molecule is CC(C)Cc1nnc(NC(=O)N(CC(=O)O)C2CC2)s1.